The van der Waals surface area contributed by atoms with Crippen LogP contribution in [0.2, 0.25) is 10.0 Å². The molecule has 0 fully saturated rings. The lowest BCUT2D eigenvalue weighted by Gasteiger charge is -2.10. The van der Waals surface area contributed by atoms with Crippen molar-refractivity contribution in [2.75, 3.05) is 6.54 Å². The number of hydrogen-bond donors (Lipinski definition) is 1. The molecule has 5 nitrogen and oxygen atoms in total. The highest BCUT2D eigenvalue weighted by molar-refractivity contribution is 7.89. The number of hydrogen-bond acceptors (Lipinski definition) is 4. The Morgan fingerprint density at radius 3 is 2.40 bits per heavy atom. The second kappa shape index (κ2) is 8.67. The van der Waals surface area contributed by atoms with Gasteiger partial charge >= 0.3 is 5.97 Å². The molecule has 8 heteroatoms. The maximum atomic E-state index is 12.2. The van der Waals surface area contributed by atoms with Crippen molar-refractivity contribution in [2.45, 2.75) is 24.8 Å². The molecule has 0 bridgehead atoms. The standard InChI is InChI=1S/C17H17Cl2NO4S/c1-12-4-2-5-13(10-12)11-24-16(21)8-9-20-25(22,23)17-14(18)6-3-7-15(17)19/h2-7,10,20H,8-9,11H2,1H3. The largest absolute Gasteiger partial charge is 0.461 e. The van der Waals surface area contributed by atoms with Crippen LogP contribution >= 0.6 is 23.2 Å². The van der Waals surface area contributed by atoms with Crippen LogP contribution in [-0.4, -0.2) is 20.9 Å². The van der Waals surface area contributed by atoms with E-state index in [2.05, 4.69) is 4.72 Å². The second-order valence-corrected chi connectivity index (χ2v) is 7.87. The molecule has 134 valence electrons. The van der Waals surface area contributed by atoms with E-state index in [0.717, 1.165) is 11.1 Å². The number of halogens is 2. The maximum Gasteiger partial charge on any atom is 0.307 e. The summed E-state index contributed by atoms with van der Waals surface area (Å²) in [6.07, 6.45) is -0.104. The molecule has 0 aliphatic carbocycles. The molecule has 2 rings (SSSR count). The molecule has 0 unspecified atom stereocenters. The van der Waals surface area contributed by atoms with Crippen molar-refractivity contribution in [3.05, 3.63) is 63.6 Å². The summed E-state index contributed by atoms with van der Waals surface area (Å²) < 4.78 is 31.9. The van der Waals surface area contributed by atoms with E-state index in [9.17, 15) is 13.2 Å². The van der Waals surface area contributed by atoms with E-state index < -0.39 is 16.0 Å². The fraction of sp³-hybridized carbons (Fsp3) is 0.235. The molecule has 0 amide bonds. The lowest BCUT2D eigenvalue weighted by molar-refractivity contribution is -0.144. The smallest absolute Gasteiger partial charge is 0.307 e. The van der Waals surface area contributed by atoms with E-state index in [0.29, 0.717) is 0 Å². The van der Waals surface area contributed by atoms with Crippen molar-refractivity contribution in [2.24, 2.45) is 0 Å². The monoisotopic (exact) mass is 401 g/mol. The molecular weight excluding hydrogens is 385 g/mol. The Labute approximate surface area is 157 Å². The molecule has 0 aliphatic rings. The van der Waals surface area contributed by atoms with Gasteiger partial charge in [-0.25, -0.2) is 13.1 Å². The van der Waals surface area contributed by atoms with Gasteiger partial charge in [0.05, 0.1) is 16.5 Å². The number of aryl methyl sites for hydroxylation is 1. The van der Waals surface area contributed by atoms with Gasteiger partial charge in [0.2, 0.25) is 10.0 Å². The summed E-state index contributed by atoms with van der Waals surface area (Å²) >= 11 is 11.8. The van der Waals surface area contributed by atoms with Crippen molar-refractivity contribution in [1.29, 1.82) is 0 Å². The van der Waals surface area contributed by atoms with E-state index >= 15 is 0 Å². The van der Waals surface area contributed by atoms with E-state index in [1.165, 1.54) is 12.1 Å². The number of carbonyl (C=O) groups is 1. The van der Waals surface area contributed by atoms with Crippen LogP contribution in [0.3, 0.4) is 0 Å². The molecule has 0 atom stereocenters. The summed E-state index contributed by atoms with van der Waals surface area (Å²) in [6, 6.07) is 12.0. The number of carbonyl (C=O) groups excluding carboxylic acids is 1. The highest BCUT2D eigenvalue weighted by Gasteiger charge is 2.21. The number of nitrogens with one attached hydrogen (secondary N) is 1. The highest BCUT2D eigenvalue weighted by Crippen LogP contribution is 2.28. The van der Waals surface area contributed by atoms with Gasteiger partial charge in [0.25, 0.3) is 0 Å². The maximum absolute atomic E-state index is 12.2. The third-order valence-electron chi connectivity index (χ3n) is 3.29. The van der Waals surface area contributed by atoms with Crippen molar-refractivity contribution < 1.29 is 17.9 Å². The lowest BCUT2D eigenvalue weighted by Crippen LogP contribution is -2.27. The summed E-state index contributed by atoms with van der Waals surface area (Å²) in [5.41, 5.74) is 1.94. The Balaban J connectivity index is 1.86. The first-order valence-electron chi connectivity index (χ1n) is 7.44. The predicted octanol–water partition coefficient (Wildman–Crippen LogP) is 3.71. The van der Waals surface area contributed by atoms with Crippen molar-refractivity contribution in [1.82, 2.24) is 4.72 Å². The van der Waals surface area contributed by atoms with Gasteiger partial charge in [-0.2, -0.15) is 0 Å². The van der Waals surface area contributed by atoms with Gasteiger partial charge < -0.3 is 4.74 Å². The van der Waals surface area contributed by atoms with Gasteiger partial charge in [-0.3, -0.25) is 4.79 Å². The van der Waals surface area contributed by atoms with Gasteiger partial charge in [-0.15, -0.1) is 0 Å². The fourth-order valence-corrected chi connectivity index (χ4v) is 4.31. The molecule has 0 saturated heterocycles. The summed E-state index contributed by atoms with van der Waals surface area (Å²) in [5, 5.41) is 0.0315. The predicted molar refractivity (Wildman–Crippen MR) is 97.2 cm³/mol. The van der Waals surface area contributed by atoms with Crippen LogP contribution < -0.4 is 4.72 Å². The summed E-state index contributed by atoms with van der Waals surface area (Å²) in [5.74, 6) is -0.505. The Morgan fingerprint density at radius 1 is 1.12 bits per heavy atom. The van der Waals surface area contributed by atoms with Crippen LogP contribution in [0, 0.1) is 6.92 Å². The zero-order valence-corrected chi connectivity index (χ0v) is 15.8. The normalized spacial score (nSPS) is 11.3. The van der Waals surface area contributed by atoms with Crippen LogP contribution in [0.5, 0.6) is 0 Å². The third kappa shape index (κ3) is 5.71. The van der Waals surface area contributed by atoms with Crippen LogP contribution in [0.15, 0.2) is 47.4 Å². The van der Waals surface area contributed by atoms with E-state index in [-0.39, 0.29) is 34.5 Å². The van der Waals surface area contributed by atoms with Crippen LogP contribution in [0.4, 0.5) is 0 Å². The molecule has 25 heavy (non-hydrogen) atoms. The van der Waals surface area contributed by atoms with Crippen molar-refractivity contribution >= 4 is 39.2 Å². The Kier molecular flexibility index (Phi) is 6.84. The van der Waals surface area contributed by atoms with Crippen LogP contribution in [0.1, 0.15) is 17.5 Å². The average molecular weight is 402 g/mol. The third-order valence-corrected chi connectivity index (χ3v) is 5.71. The molecule has 0 saturated carbocycles. The molecule has 0 spiro atoms. The van der Waals surface area contributed by atoms with Gasteiger partial charge in [0.15, 0.2) is 0 Å². The van der Waals surface area contributed by atoms with E-state index in [4.69, 9.17) is 27.9 Å². The number of sulfonamides is 1. The molecule has 2 aromatic carbocycles. The molecule has 1 N–H and O–H groups in total. The van der Waals surface area contributed by atoms with E-state index in [1.807, 2.05) is 31.2 Å². The minimum absolute atomic E-state index is 0.0158. The minimum atomic E-state index is -3.91. The van der Waals surface area contributed by atoms with Gasteiger partial charge in [0.1, 0.15) is 11.5 Å². The molecule has 0 aliphatic heterocycles. The quantitative estimate of drug-likeness (QED) is 0.717. The summed E-state index contributed by atoms with van der Waals surface area (Å²) in [7, 11) is -3.91. The number of benzene rings is 2. The molecule has 2 aromatic rings. The van der Waals surface area contributed by atoms with Crippen LogP contribution in [-0.2, 0) is 26.2 Å². The van der Waals surface area contributed by atoms with Gasteiger partial charge in [-0.05, 0) is 24.6 Å². The highest BCUT2D eigenvalue weighted by atomic mass is 35.5. The zero-order chi connectivity index (χ0) is 18.4. The van der Waals surface area contributed by atoms with Gasteiger partial charge in [-0.1, -0.05) is 59.1 Å². The Bertz CT molecular complexity index is 848. The average Bonchev–Trinajstić information content (AvgIpc) is 2.52. The van der Waals surface area contributed by atoms with Gasteiger partial charge in [0, 0.05) is 6.54 Å². The summed E-state index contributed by atoms with van der Waals surface area (Å²) in [4.78, 5) is 11.5. The minimum Gasteiger partial charge on any atom is -0.461 e. The van der Waals surface area contributed by atoms with E-state index in [1.54, 1.807) is 6.07 Å². The van der Waals surface area contributed by atoms with Crippen LogP contribution in [0.25, 0.3) is 0 Å². The number of ether oxygens (including phenoxy) is 1. The second-order valence-electron chi connectivity index (χ2n) is 5.35. The molecule has 0 aromatic heterocycles. The zero-order valence-electron chi connectivity index (χ0n) is 13.5. The number of esters is 1. The number of rotatable bonds is 7. The SMILES string of the molecule is Cc1cccc(COC(=O)CCNS(=O)(=O)c2c(Cl)cccc2Cl)c1. The van der Waals surface area contributed by atoms with Crippen molar-refractivity contribution in [3.63, 3.8) is 0 Å². The molecular formula is C17H17Cl2NO4S. The van der Waals surface area contributed by atoms with Crippen molar-refractivity contribution in [3.8, 4) is 0 Å². The summed E-state index contributed by atoms with van der Waals surface area (Å²) in [6.45, 7) is 1.97. The fourth-order valence-electron chi connectivity index (χ4n) is 2.14. The Morgan fingerprint density at radius 2 is 1.76 bits per heavy atom. The first-order valence-corrected chi connectivity index (χ1v) is 9.68. The Hall–Kier alpha value is -1.60. The molecule has 0 heterocycles. The topological polar surface area (TPSA) is 72.5 Å². The first-order chi connectivity index (χ1) is 11.8. The first kappa shape index (κ1) is 19.7. The molecule has 0 radical (unpaired) electrons. The lowest BCUT2D eigenvalue weighted by atomic mass is 10.1.